The van der Waals surface area contributed by atoms with Crippen molar-refractivity contribution < 1.29 is 97.6 Å². The van der Waals surface area contributed by atoms with Gasteiger partial charge in [-0.05, 0) is 89.5 Å². The van der Waals surface area contributed by atoms with Crippen LogP contribution in [0.5, 0.6) is 0 Å². The fourth-order valence-electron chi connectivity index (χ4n) is 7.02. The lowest BCUT2D eigenvalue weighted by atomic mass is 9.82. The summed E-state index contributed by atoms with van der Waals surface area (Å²) in [6.45, 7) is 17.7. The number of amides is 4. The van der Waals surface area contributed by atoms with Gasteiger partial charge in [-0.15, -0.1) is 0 Å². The zero-order valence-corrected chi connectivity index (χ0v) is 39.6. The van der Waals surface area contributed by atoms with Crippen LogP contribution >= 0.6 is 0 Å². The molecule has 0 radical (unpaired) electrons. The van der Waals surface area contributed by atoms with Crippen LogP contribution in [0.25, 0.3) is 0 Å². The van der Waals surface area contributed by atoms with Gasteiger partial charge in [0.15, 0.2) is 12.6 Å². The van der Waals surface area contributed by atoms with Crippen molar-refractivity contribution in [3.63, 3.8) is 0 Å². The van der Waals surface area contributed by atoms with E-state index in [0.717, 1.165) is 0 Å². The molecule has 25 heteroatoms. The summed E-state index contributed by atoms with van der Waals surface area (Å²) < 4.78 is 45.1. The van der Waals surface area contributed by atoms with Gasteiger partial charge in [-0.2, -0.15) is 0 Å². The van der Waals surface area contributed by atoms with E-state index in [-0.39, 0.29) is 0 Å². The number of nitrogens with one attached hydrogen (secondary N) is 4. The first-order valence-electron chi connectivity index (χ1n) is 21.6. The Hall–Kier alpha value is -3.73. The molecule has 382 valence electrons. The molecule has 0 aromatic carbocycles. The lowest BCUT2D eigenvalue weighted by Crippen LogP contribution is -2.70. The molecule has 16 atom stereocenters. The van der Waals surface area contributed by atoms with E-state index in [1.54, 1.807) is 83.1 Å². The van der Waals surface area contributed by atoms with Gasteiger partial charge in [0.2, 0.25) is 5.91 Å². The number of alkyl carbamates (subject to hydrolysis) is 3. The third-order valence-corrected chi connectivity index (χ3v) is 9.84. The van der Waals surface area contributed by atoms with Gasteiger partial charge in [0.05, 0.1) is 31.2 Å². The van der Waals surface area contributed by atoms with E-state index in [9.17, 15) is 59.7 Å². The van der Waals surface area contributed by atoms with Crippen LogP contribution in [0.2, 0.25) is 0 Å². The molecule has 0 aromatic rings. The molecular formula is C41H73N5O20. The van der Waals surface area contributed by atoms with Crippen molar-refractivity contribution in [3.8, 4) is 0 Å². The van der Waals surface area contributed by atoms with Crippen LogP contribution in [0, 0.1) is 0 Å². The summed E-state index contributed by atoms with van der Waals surface area (Å²) in [5.41, 5.74) is 2.02. The number of carbonyl (C=O) groups is 5. The molecule has 3 rings (SSSR count). The summed E-state index contributed by atoms with van der Waals surface area (Å²) in [4.78, 5) is 66.2. The summed E-state index contributed by atoms with van der Waals surface area (Å²) in [5.74, 6) is -1.98. The zero-order valence-electron chi connectivity index (χ0n) is 39.6. The maximum absolute atomic E-state index is 14.3. The lowest BCUT2D eigenvalue weighted by Gasteiger charge is -2.49. The number of rotatable bonds is 13. The molecule has 0 aromatic heterocycles. The highest BCUT2D eigenvalue weighted by molar-refractivity contribution is 5.90. The average Bonchev–Trinajstić information content (AvgIpc) is 3.13. The van der Waals surface area contributed by atoms with E-state index in [4.69, 9.17) is 43.6 Å². The van der Waals surface area contributed by atoms with Crippen LogP contribution in [0.15, 0.2) is 0 Å². The molecule has 2 aliphatic heterocycles. The predicted molar refractivity (Wildman–Crippen MR) is 226 cm³/mol. The van der Waals surface area contributed by atoms with Gasteiger partial charge in [0.1, 0.15) is 89.5 Å². The third-order valence-electron chi connectivity index (χ3n) is 9.84. The number of ether oxygens (including phenoxy) is 8. The molecule has 66 heavy (non-hydrogen) atoms. The molecule has 1 aliphatic carbocycles. The fraction of sp³-hybridized carbons (Fsp3) is 0.878. The molecule has 0 unspecified atom stereocenters. The van der Waals surface area contributed by atoms with Gasteiger partial charge in [0.25, 0.3) is 0 Å². The molecule has 0 bridgehead atoms. The summed E-state index contributed by atoms with van der Waals surface area (Å²) in [6, 6.07) is -6.14. The van der Waals surface area contributed by atoms with Crippen molar-refractivity contribution in [1.29, 1.82) is 0 Å². The normalized spacial score (nSPS) is 33.7. The van der Waals surface area contributed by atoms with Crippen LogP contribution in [-0.4, -0.2) is 199 Å². The standard InChI is InChI=1S/C41H73N5O20/c1-38(2,3)63-22(48)14-19(46-37(58)66-41(10,11)12)32(55)44-17-13-18(45-36(57)65-40(7,8)9)31(29(54)30(17)61-33-26(51)23(42)24(49)21(16-47)60-33)62-34-28(53)27(52)25(50)20(59-34)15-43-35(56)64-39(4,5)6/h17-21,23-31,33-34,47,49-54H,13-16,42H2,1-12H3,(H,43,56)(H,44,55)(H,45,57)(H,46,58)/t17-,18+,19+,20-,21-,23+,24-,25-,26-,27+,28-,29-,30+,31-,33-,34-/m1/s1. The number of esters is 1. The second-order valence-corrected chi connectivity index (χ2v) is 20.5. The van der Waals surface area contributed by atoms with Crippen LogP contribution in [-0.2, 0) is 47.5 Å². The molecule has 3 fully saturated rings. The first kappa shape index (κ1) is 56.6. The molecule has 3 aliphatic rings. The van der Waals surface area contributed by atoms with Crippen molar-refractivity contribution in [2.45, 2.75) is 216 Å². The molecular weight excluding hydrogens is 882 g/mol. The zero-order chi connectivity index (χ0) is 50.4. The van der Waals surface area contributed by atoms with E-state index in [1.165, 1.54) is 0 Å². The minimum Gasteiger partial charge on any atom is -0.460 e. The van der Waals surface area contributed by atoms with Gasteiger partial charge in [-0.1, -0.05) is 0 Å². The monoisotopic (exact) mass is 955 g/mol. The Morgan fingerprint density at radius 1 is 0.591 bits per heavy atom. The van der Waals surface area contributed by atoms with Crippen molar-refractivity contribution >= 4 is 30.2 Å². The van der Waals surface area contributed by atoms with Crippen LogP contribution in [0.4, 0.5) is 14.4 Å². The first-order chi connectivity index (χ1) is 30.1. The van der Waals surface area contributed by atoms with E-state index >= 15 is 0 Å². The summed E-state index contributed by atoms with van der Waals surface area (Å²) >= 11 is 0. The molecule has 4 amide bonds. The lowest BCUT2D eigenvalue weighted by molar-refractivity contribution is -0.333. The number of hydrogen-bond acceptors (Lipinski definition) is 21. The minimum atomic E-state index is -2.09. The van der Waals surface area contributed by atoms with Crippen molar-refractivity contribution in [3.05, 3.63) is 0 Å². The summed E-state index contributed by atoms with van der Waals surface area (Å²) in [6.07, 6.45) is -25.9. The first-order valence-corrected chi connectivity index (χ1v) is 21.6. The molecule has 1 saturated carbocycles. The Morgan fingerprint density at radius 3 is 1.58 bits per heavy atom. The number of hydrogen-bond donors (Lipinski definition) is 12. The minimum absolute atomic E-state index is 0.483. The Bertz CT molecular complexity index is 1620. The summed E-state index contributed by atoms with van der Waals surface area (Å²) in [5, 5.41) is 86.6. The van der Waals surface area contributed by atoms with Crippen LogP contribution in [0.3, 0.4) is 0 Å². The van der Waals surface area contributed by atoms with E-state index in [0.29, 0.717) is 0 Å². The second-order valence-electron chi connectivity index (χ2n) is 20.5. The number of aliphatic hydroxyl groups is 7. The quantitative estimate of drug-likeness (QED) is 0.0678. The predicted octanol–water partition coefficient (Wildman–Crippen LogP) is -2.38. The Kier molecular flexibility index (Phi) is 19.4. The molecule has 13 N–H and O–H groups in total. The van der Waals surface area contributed by atoms with E-state index in [1.807, 2.05) is 0 Å². The van der Waals surface area contributed by atoms with E-state index < -0.39 is 176 Å². The molecule has 2 heterocycles. The smallest absolute Gasteiger partial charge is 0.408 e. The van der Waals surface area contributed by atoms with Gasteiger partial charge < -0.3 is 101 Å². The van der Waals surface area contributed by atoms with Crippen LogP contribution in [0.1, 0.15) is 95.9 Å². The highest BCUT2D eigenvalue weighted by atomic mass is 16.7. The Labute approximate surface area is 383 Å². The number of carbonyl (C=O) groups excluding carboxylic acids is 5. The Morgan fingerprint density at radius 2 is 1.06 bits per heavy atom. The van der Waals surface area contributed by atoms with E-state index in [2.05, 4.69) is 21.3 Å². The maximum atomic E-state index is 14.3. The average molecular weight is 956 g/mol. The molecule has 25 nitrogen and oxygen atoms in total. The number of nitrogens with two attached hydrogens (primary N) is 1. The highest BCUT2D eigenvalue weighted by Crippen LogP contribution is 2.33. The highest BCUT2D eigenvalue weighted by Gasteiger charge is 2.54. The molecule has 0 spiro atoms. The Balaban J connectivity index is 2.11. The number of aliphatic hydroxyl groups excluding tert-OH is 7. The van der Waals surface area contributed by atoms with Crippen molar-refractivity contribution in [1.82, 2.24) is 21.3 Å². The van der Waals surface area contributed by atoms with Gasteiger partial charge in [0, 0.05) is 6.54 Å². The topological polar surface area (TPSA) is 375 Å². The van der Waals surface area contributed by atoms with Gasteiger partial charge in [-0.25, -0.2) is 14.4 Å². The SMILES string of the molecule is CC(C)(C)OC(=O)C[C@H](NC(=O)OC(C)(C)C)C(=O)N[C@@H]1C[C@H](NC(=O)OC(C)(C)C)[C@@H](O[C@H]2O[C@H](CNC(=O)OC(C)(C)C)[C@@H](O)[C@H](O)[C@H]2O)[C@H](O)[C@H]1O[C@H]1O[C@H](CO)[C@@H](O)[C@H](N)[C@H]1O. The van der Waals surface area contributed by atoms with Gasteiger partial charge >= 0.3 is 24.2 Å². The van der Waals surface area contributed by atoms with Crippen molar-refractivity contribution in [2.24, 2.45) is 5.73 Å². The largest absolute Gasteiger partial charge is 0.460 e. The molecule has 2 saturated heterocycles. The maximum Gasteiger partial charge on any atom is 0.408 e. The van der Waals surface area contributed by atoms with Crippen LogP contribution < -0.4 is 27.0 Å². The van der Waals surface area contributed by atoms with Crippen molar-refractivity contribution in [2.75, 3.05) is 13.2 Å². The summed E-state index contributed by atoms with van der Waals surface area (Å²) in [7, 11) is 0. The third kappa shape index (κ3) is 17.1. The van der Waals surface area contributed by atoms with Gasteiger partial charge in [-0.3, -0.25) is 9.59 Å². The fourth-order valence-corrected chi connectivity index (χ4v) is 7.02. The second kappa shape index (κ2) is 22.6.